The Labute approximate surface area is 126 Å². The van der Waals surface area contributed by atoms with Crippen LogP contribution >= 0.6 is 0 Å². The molecule has 0 radical (unpaired) electrons. The smallest absolute Gasteiger partial charge is 0.218 e. The highest BCUT2D eigenvalue weighted by Gasteiger charge is 2.28. The molecule has 0 spiro atoms. The number of nitriles is 1. The zero-order valence-corrected chi connectivity index (χ0v) is 13.3. The van der Waals surface area contributed by atoms with Gasteiger partial charge in [-0.3, -0.25) is 0 Å². The predicted molar refractivity (Wildman–Crippen MR) is 82.1 cm³/mol. The summed E-state index contributed by atoms with van der Waals surface area (Å²) in [6.07, 6.45) is 1.75. The first-order valence-corrected chi connectivity index (χ1v) is 8.66. The summed E-state index contributed by atoms with van der Waals surface area (Å²) in [5, 5.41) is 8.76. The normalized spacial score (nSPS) is 17.8. The molecule has 5 nitrogen and oxygen atoms in total. The third-order valence-electron chi connectivity index (χ3n) is 4.07. The van der Waals surface area contributed by atoms with Crippen LogP contribution in [0.15, 0.2) is 24.3 Å². The van der Waals surface area contributed by atoms with E-state index in [9.17, 15) is 8.42 Å². The summed E-state index contributed by atoms with van der Waals surface area (Å²) in [6, 6.07) is 8.84. The van der Waals surface area contributed by atoms with Gasteiger partial charge in [-0.05, 0) is 50.7 Å². The van der Waals surface area contributed by atoms with Crippen LogP contribution in [-0.2, 0) is 15.8 Å². The van der Waals surface area contributed by atoms with E-state index in [4.69, 9.17) is 5.26 Å². The Morgan fingerprint density at radius 3 is 2.38 bits per heavy atom. The van der Waals surface area contributed by atoms with Crippen LogP contribution < -0.4 is 0 Å². The highest BCUT2D eigenvalue weighted by atomic mass is 32.2. The first kappa shape index (κ1) is 16.0. The summed E-state index contributed by atoms with van der Waals surface area (Å²) in [6.45, 7) is 1.86. The van der Waals surface area contributed by atoms with E-state index < -0.39 is 10.0 Å². The molecule has 0 unspecified atom stereocenters. The average Bonchev–Trinajstić information content (AvgIpc) is 2.48. The molecule has 1 aliphatic rings. The molecule has 1 aromatic carbocycles. The van der Waals surface area contributed by atoms with Gasteiger partial charge >= 0.3 is 0 Å². The molecule has 2 rings (SSSR count). The molecule has 0 aromatic heterocycles. The quantitative estimate of drug-likeness (QED) is 0.844. The lowest BCUT2D eigenvalue weighted by Gasteiger charge is -2.34. The summed E-state index contributed by atoms with van der Waals surface area (Å²) in [4.78, 5) is 2.22. The van der Waals surface area contributed by atoms with Gasteiger partial charge in [0.2, 0.25) is 10.0 Å². The van der Waals surface area contributed by atoms with E-state index in [-0.39, 0.29) is 11.8 Å². The van der Waals surface area contributed by atoms with Crippen molar-refractivity contribution < 1.29 is 8.42 Å². The Balaban J connectivity index is 2.05. The minimum atomic E-state index is -3.32. The van der Waals surface area contributed by atoms with Crippen molar-refractivity contribution in [1.29, 1.82) is 5.26 Å². The number of rotatable bonds is 4. The van der Waals surface area contributed by atoms with Gasteiger partial charge in [-0.15, -0.1) is 0 Å². The van der Waals surface area contributed by atoms with Crippen molar-refractivity contribution in [3.63, 3.8) is 0 Å². The fourth-order valence-electron chi connectivity index (χ4n) is 2.57. The standard InChI is InChI=1S/C15H21N3O2S/c1-17-9-7-15(8-10-17)18(2)21(19,20)12-14-5-3-13(11-16)4-6-14/h3-6,15H,7-10,12H2,1-2H3. The van der Waals surface area contributed by atoms with E-state index in [1.54, 1.807) is 31.3 Å². The van der Waals surface area contributed by atoms with Crippen LogP contribution in [-0.4, -0.2) is 50.8 Å². The number of sulfonamides is 1. The summed E-state index contributed by atoms with van der Waals surface area (Å²) in [5.74, 6) is -0.0124. The van der Waals surface area contributed by atoms with E-state index in [2.05, 4.69) is 11.9 Å². The van der Waals surface area contributed by atoms with Crippen LogP contribution in [0.1, 0.15) is 24.0 Å². The molecule has 1 heterocycles. The van der Waals surface area contributed by atoms with E-state index in [0.717, 1.165) is 25.9 Å². The number of likely N-dealkylation sites (tertiary alicyclic amines) is 1. The minimum Gasteiger partial charge on any atom is -0.306 e. The molecule has 1 saturated heterocycles. The molecule has 1 aliphatic heterocycles. The van der Waals surface area contributed by atoms with Crippen molar-refractivity contribution in [1.82, 2.24) is 9.21 Å². The van der Waals surface area contributed by atoms with Crippen molar-refractivity contribution in [3.05, 3.63) is 35.4 Å². The third-order valence-corrected chi connectivity index (χ3v) is 5.95. The Bertz CT molecular complexity index is 611. The summed E-state index contributed by atoms with van der Waals surface area (Å²) < 4.78 is 26.5. The first-order valence-electron chi connectivity index (χ1n) is 7.05. The molecular weight excluding hydrogens is 286 g/mol. The SMILES string of the molecule is CN1CCC(N(C)S(=O)(=O)Cc2ccc(C#N)cc2)CC1. The van der Waals surface area contributed by atoms with E-state index in [1.807, 2.05) is 6.07 Å². The number of hydrogen-bond donors (Lipinski definition) is 0. The van der Waals surface area contributed by atoms with Crippen molar-refractivity contribution in [2.45, 2.75) is 24.6 Å². The van der Waals surface area contributed by atoms with Gasteiger partial charge in [0.05, 0.1) is 17.4 Å². The fraction of sp³-hybridized carbons (Fsp3) is 0.533. The molecule has 6 heteroatoms. The van der Waals surface area contributed by atoms with Crippen molar-refractivity contribution in [2.24, 2.45) is 0 Å². The number of nitrogens with zero attached hydrogens (tertiary/aromatic N) is 3. The number of piperidine rings is 1. The third kappa shape index (κ3) is 4.03. The lowest BCUT2D eigenvalue weighted by molar-refractivity contribution is 0.197. The van der Waals surface area contributed by atoms with Crippen molar-refractivity contribution >= 4 is 10.0 Å². The second-order valence-electron chi connectivity index (χ2n) is 5.62. The van der Waals surface area contributed by atoms with Crippen LogP contribution in [0, 0.1) is 11.3 Å². The van der Waals surface area contributed by atoms with Crippen LogP contribution in [0.5, 0.6) is 0 Å². The molecule has 0 bridgehead atoms. The number of benzene rings is 1. The Morgan fingerprint density at radius 1 is 1.29 bits per heavy atom. The zero-order chi connectivity index (χ0) is 15.5. The van der Waals surface area contributed by atoms with Gasteiger partial charge in [0, 0.05) is 13.1 Å². The maximum absolute atomic E-state index is 12.5. The van der Waals surface area contributed by atoms with Crippen molar-refractivity contribution in [2.75, 3.05) is 27.2 Å². The summed E-state index contributed by atoms with van der Waals surface area (Å²) >= 11 is 0. The van der Waals surface area contributed by atoms with Gasteiger partial charge in [0.15, 0.2) is 0 Å². The minimum absolute atomic E-state index is 0.0124. The maximum Gasteiger partial charge on any atom is 0.218 e. The molecule has 1 aromatic rings. The van der Waals surface area contributed by atoms with E-state index in [0.29, 0.717) is 11.1 Å². The average molecular weight is 307 g/mol. The largest absolute Gasteiger partial charge is 0.306 e. The first-order chi connectivity index (χ1) is 9.92. The van der Waals surface area contributed by atoms with Gasteiger partial charge in [-0.2, -0.15) is 5.26 Å². The second kappa shape index (κ2) is 6.56. The highest BCUT2D eigenvalue weighted by molar-refractivity contribution is 7.88. The van der Waals surface area contributed by atoms with Crippen LogP contribution in [0.25, 0.3) is 0 Å². The van der Waals surface area contributed by atoms with Gasteiger partial charge in [-0.1, -0.05) is 12.1 Å². The van der Waals surface area contributed by atoms with Crippen LogP contribution in [0.4, 0.5) is 0 Å². The van der Waals surface area contributed by atoms with Gasteiger partial charge < -0.3 is 4.90 Å². The van der Waals surface area contributed by atoms with Crippen LogP contribution in [0.3, 0.4) is 0 Å². The lowest BCUT2D eigenvalue weighted by Crippen LogP contribution is -2.44. The fourth-order valence-corrected chi connectivity index (χ4v) is 4.06. The molecule has 0 atom stereocenters. The molecule has 1 fully saturated rings. The van der Waals surface area contributed by atoms with Crippen molar-refractivity contribution in [3.8, 4) is 6.07 Å². The topological polar surface area (TPSA) is 64.4 Å². The maximum atomic E-state index is 12.5. The predicted octanol–water partition coefficient (Wildman–Crippen LogP) is 1.41. The highest BCUT2D eigenvalue weighted by Crippen LogP contribution is 2.19. The van der Waals surface area contributed by atoms with Crippen LogP contribution in [0.2, 0.25) is 0 Å². The molecule has 0 N–H and O–H groups in total. The molecular formula is C15H21N3O2S. The molecule has 21 heavy (non-hydrogen) atoms. The van der Waals surface area contributed by atoms with Gasteiger partial charge in [0.25, 0.3) is 0 Å². The molecule has 0 amide bonds. The van der Waals surface area contributed by atoms with Gasteiger partial charge in [-0.25, -0.2) is 12.7 Å². The summed E-state index contributed by atoms with van der Waals surface area (Å²) in [5.41, 5.74) is 1.26. The summed E-state index contributed by atoms with van der Waals surface area (Å²) in [7, 11) is 0.414. The monoisotopic (exact) mass is 307 g/mol. The zero-order valence-electron chi connectivity index (χ0n) is 12.5. The van der Waals surface area contributed by atoms with E-state index >= 15 is 0 Å². The number of hydrogen-bond acceptors (Lipinski definition) is 4. The molecule has 0 saturated carbocycles. The Morgan fingerprint density at radius 2 is 1.86 bits per heavy atom. The van der Waals surface area contributed by atoms with Gasteiger partial charge in [0.1, 0.15) is 0 Å². The molecule has 114 valence electrons. The van der Waals surface area contributed by atoms with E-state index in [1.165, 1.54) is 4.31 Å². The molecule has 0 aliphatic carbocycles. The Kier molecular flexibility index (Phi) is 4.99. The lowest BCUT2D eigenvalue weighted by atomic mass is 10.1. The Hall–Kier alpha value is -1.42. The second-order valence-corrected chi connectivity index (χ2v) is 7.64.